The monoisotopic (exact) mass is 500 g/mol. The number of nitrogens with two attached hydrogens (primary N) is 1. The Hall–Kier alpha value is -1.49. The number of amides is 1. The summed E-state index contributed by atoms with van der Waals surface area (Å²) in [6.07, 6.45) is 4.03. The Kier molecular flexibility index (Phi) is 11.6. The van der Waals surface area contributed by atoms with Crippen molar-refractivity contribution in [2.24, 2.45) is 5.73 Å². The third kappa shape index (κ3) is 8.13. The van der Waals surface area contributed by atoms with Gasteiger partial charge in [-0.05, 0) is 95.2 Å². The van der Waals surface area contributed by atoms with Gasteiger partial charge in [-0.2, -0.15) is 0 Å². The Balaban J connectivity index is 1.71. The van der Waals surface area contributed by atoms with Gasteiger partial charge in [0.15, 0.2) is 0 Å². The number of nitrogens with one attached hydrogen (secondary N) is 3. The van der Waals surface area contributed by atoms with E-state index in [4.69, 9.17) is 17.3 Å². The molecule has 10 heteroatoms. The molecule has 32 heavy (non-hydrogen) atoms. The van der Waals surface area contributed by atoms with E-state index in [0.29, 0.717) is 22.0 Å². The Labute approximate surface area is 200 Å². The highest BCUT2D eigenvalue weighted by molar-refractivity contribution is 7.91. The maximum Gasteiger partial charge on any atom is 0.261 e. The molecule has 0 aliphatic heterocycles. The molecule has 5 N–H and O–H groups in total. The lowest BCUT2D eigenvalue weighted by Crippen LogP contribution is -2.27. The molecule has 1 heterocycles. The minimum atomic E-state index is -3.69. The van der Waals surface area contributed by atoms with Crippen LogP contribution in [0, 0.1) is 6.92 Å². The molecule has 1 aromatic heterocycles. The SMILES string of the molecule is Cc1c(S(=O)(=O)c2ccc(Cl)cc2)csc1C(=O)NCCCNCCCCNCCCN. The van der Waals surface area contributed by atoms with Crippen molar-refractivity contribution in [2.45, 2.75) is 42.4 Å². The zero-order chi connectivity index (χ0) is 23.4. The second kappa shape index (κ2) is 13.9. The van der Waals surface area contributed by atoms with Gasteiger partial charge in [0.05, 0.1) is 14.7 Å². The number of hydrogen-bond donors (Lipinski definition) is 4. The van der Waals surface area contributed by atoms with E-state index >= 15 is 0 Å². The Morgan fingerprint density at radius 3 is 2.19 bits per heavy atom. The van der Waals surface area contributed by atoms with Gasteiger partial charge in [-0.3, -0.25) is 4.79 Å². The zero-order valence-electron chi connectivity index (χ0n) is 18.5. The molecule has 0 bridgehead atoms. The zero-order valence-corrected chi connectivity index (χ0v) is 20.8. The van der Waals surface area contributed by atoms with E-state index in [2.05, 4.69) is 16.0 Å². The largest absolute Gasteiger partial charge is 0.351 e. The molecular weight excluding hydrogens is 468 g/mol. The van der Waals surface area contributed by atoms with Gasteiger partial charge in [0.1, 0.15) is 0 Å². The molecule has 2 aromatic rings. The quantitative estimate of drug-likeness (QED) is 0.280. The van der Waals surface area contributed by atoms with Crippen molar-refractivity contribution < 1.29 is 13.2 Å². The molecule has 0 unspecified atom stereocenters. The van der Waals surface area contributed by atoms with Crippen molar-refractivity contribution in [3.8, 4) is 0 Å². The van der Waals surface area contributed by atoms with Crippen LogP contribution in [0.5, 0.6) is 0 Å². The molecule has 178 valence electrons. The third-order valence-electron chi connectivity index (χ3n) is 4.94. The van der Waals surface area contributed by atoms with E-state index in [0.717, 1.165) is 69.7 Å². The number of carbonyl (C=O) groups is 1. The van der Waals surface area contributed by atoms with E-state index in [9.17, 15) is 13.2 Å². The first-order valence-corrected chi connectivity index (χ1v) is 13.6. The molecular formula is C22H33ClN4O3S2. The summed E-state index contributed by atoms with van der Waals surface area (Å²) < 4.78 is 25.8. The van der Waals surface area contributed by atoms with E-state index < -0.39 is 9.84 Å². The molecule has 0 aliphatic carbocycles. The van der Waals surface area contributed by atoms with Crippen LogP contribution in [0.15, 0.2) is 39.4 Å². The summed E-state index contributed by atoms with van der Waals surface area (Å²) in [5.74, 6) is -0.242. The van der Waals surface area contributed by atoms with Crippen LogP contribution >= 0.6 is 22.9 Å². The lowest BCUT2D eigenvalue weighted by atomic mass is 10.2. The van der Waals surface area contributed by atoms with Crippen LogP contribution in [0.3, 0.4) is 0 Å². The summed E-state index contributed by atoms with van der Waals surface area (Å²) in [5.41, 5.74) is 5.92. The number of thiophene rings is 1. The summed E-state index contributed by atoms with van der Waals surface area (Å²) in [5, 5.41) is 11.6. The van der Waals surface area contributed by atoms with Gasteiger partial charge in [0.25, 0.3) is 5.91 Å². The molecule has 2 rings (SSSR count). The highest BCUT2D eigenvalue weighted by Crippen LogP contribution is 2.31. The highest BCUT2D eigenvalue weighted by Gasteiger charge is 2.25. The van der Waals surface area contributed by atoms with E-state index in [-0.39, 0.29) is 15.7 Å². The van der Waals surface area contributed by atoms with Crippen LogP contribution in [-0.2, 0) is 9.84 Å². The van der Waals surface area contributed by atoms with E-state index in [1.54, 1.807) is 6.92 Å². The average Bonchev–Trinajstić information content (AvgIpc) is 3.17. The van der Waals surface area contributed by atoms with Gasteiger partial charge in [0, 0.05) is 16.9 Å². The Morgan fingerprint density at radius 1 is 0.969 bits per heavy atom. The van der Waals surface area contributed by atoms with Gasteiger partial charge in [-0.15, -0.1) is 11.3 Å². The second-order valence-corrected chi connectivity index (χ2v) is 10.7. The fourth-order valence-electron chi connectivity index (χ4n) is 3.10. The summed E-state index contributed by atoms with van der Waals surface area (Å²) in [6, 6.07) is 6.02. The lowest BCUT2D eigenvalue weighted by molar-refractivity contribution is 0.0956. The molecule has 0 aliphatic rings. The third-order valence-corrected chi connectivity index (χ3v) is 8.32. The van der Waals surface area contributed by atoms with Crippen molar-refractivity contribution in [2.75, 3.05) is 39.3 Å². The fourth-order valence-corrected chi connectivity index (χ4v) is 6.07. The van der Waals surface area contributed by atoms with Gasteiger partial charge in [-0.25, -0.2) is 8.42 Å². The molecule has 1 amide bonds. The molecule has 0 atom stereocenters. The van der Waals surface area contributed by atoms with Crippen LogP contribution in [0.25, 0.3) is 0 Å². The Morgan fingerprint density at radius 2 is 1.56 bits per heavy atom. The predicted molar refractivity (Wildman–Crippen MR) is 132 cm³/mol. The van der Waals surface area contributed by atoms with Crippen LogP contribution in [0.2, 0.25) is 5.02 Å². The van der Waals surface area contributed by atoms with Crippen LogP contribution in [0.1, 0.15) is 40.9 Å². The van der Waals surface area contributed by atoms with Gasteiger partial charge in [-0.1, -0.05) is 11.6 Å². The fraction of sp³-hybridized carbons (Fsp3) is 0.500. The summed E-state index contributed by atoms with van der Waals surface area (Å²) in [7, 11) is -3.69. The number of carbonyl (C=O) groups excluding carboxylic acids is 1. The molecule has 0 spiro atoms. The number of halogens is 1. The minimum Gasteiger partial charge on any atom is -0.351 e. The summed E-state index contributed by atoms with van der Waals surface area (Å²) >= 11 is 7.00. The maximum atomic E-state index is 12.9. The van der Waals surface area contributed by atoms with E-state index in [1.807, 2.05) is 0 Å². The first-order chi connectivity index (χ1) is 15.4. The second-order valence-electron chi connectivity index (χ2n) is 7.47. The van der Waals surface area contributed by atoms with Crippen LogP contribution in [0.4, 0.5) is 0 Å². The summed E-state index contributed by atoms with van der Waals surface area (Å²) in [6.45, 7) is 6.67. The van der Waals surface area contributed by atoms with Crippen molar-refractivity contribution in [1.82, 2.24) is 16.0 Å². The normalized spacial score (nSPS) is 11.6. The highest BCUT2D eigenvalue weighted by atomic mass is 35.5. The van der Waals surface area contributed by atoms with E-state index in [1.165, 1.54) is 29.6 Å². The first-order valence-electron chi connectivity index (χ1n) is 10.9. The van der Waals surface area contributed by atoms with Gasteiger partial charge < -0.3 is 21.7 Å². The number of rotatable bonds is 15. The van der Waals surface area contributed by atoms with Crippen molar-refractivity contribution in [3.63, 3.8) is 0 Å². The van der Waals surface area contributed by atoms with Crippen LogP contribution < -0.4 is 21.7 Å². The maximum absolute atomic E-state index is 12.9. The molecule has 1 aromatic carbocycles. The Bertz CT molecular complexity index is 947. The van der Waals surface area contributed by atoms with Crippen LogP contribution in [-0.4, -0.2) is 53.6 Å². The molecule has 0 saturated heterocycles. The number of hydrogen-bond acceptors (Lipinski definition) is 7. The minimum absolute atomic E-state index is 0.159. The van der Waals surface area contributed by atoms with Gasteiger partial charge >= 0.3 is 0 Å². The number of benzene rings is 1. The molecule has 0 radical (unpaired) electrons. The van der Waals surface area contributed by atoms with Gasteiger partial charge in [0.2, 0.25) is 9.84 Å². The number of sulfone groups is 1. The number of unbranched alkanes of at least 4 members (excludes halogenated alkanes) is 1. The standard InChI is InChI=1S/C22H33ClN4O3S2/c1-17-20(32(29,30)19-8-6-18(23)7-9-19)16-31-21(17)22(28)27-15-5-14-26-12-3-2-11-25-13-4-10-24/h6-9,16,25-26H,2-5,10-15,24H2,1H3,(H,27,28). The van der Waals surface area contributed by atoms with Crippen molar-refractivity contribution in [3.05, 3.63) is 45.1 Å². The first kappa shape index (κ1) is 26.8. The summed E-state index contributed by atoms with van der Waals surface area (Å²) in [4.78, 5) is 13.3. The topological polar surface area (TPSA) is 113 Å². The lowest BCUT2D eigenvalue weighted by Gasteiger charge is -2.08. The molecule has 0 fully saturated rings. The van der Waals surface area contributed by atoms with Crippen molar-refractivity contribution in [1.29, 1.82) is 0 Å². The smallest absolute Gasteiger partial charge is 0.261 e. The molecule has 0 saturated carbocycles. The average molecular weight is 501 g/mol. The predicted octanol–water partition coefficient (Wildman–Crippen LogP) is 2.97. The molecule has 7 nitrogen and oxygen atoms in total. The van der Waals surface area contributed by atoms with Crippen molar-refractivity contribution >= 4 is 38.7 Å².